The Balaban J connectivity index is 0.00000225. The standard InChI is InChI=1S/C22H22N3OS.ClH/c1-14-15(2)20(26-4)13-12-17(14)21-25(3)24-22(27-21)23-19-11-7-9-16-8-5-6-10-18(16)19;/h5-13H,1-4H3,(H,23,24);1H/q+1;/p-1. The summed E-state index contributed by atoms with van der Waals surface area (Å²) in [6, 6.07) is 18.8. The number of aryl methyl sites for hydroxylation is 1. The van der Waals surface area contributed by atoms with E-state index in [0.29, 0.717) is 0 Å². The second-order valence-electron chi connectivity index (χ2n) is 6.55. The molecule has 0 aliphatic heterocycles. The SMILES string of the molecule is COc1ccc(-c2sc(Nc3cccc4ccccc34)n[n+]2C)c(C)c1C.[Cl-]. The van der Waals surface area contributed by atoms with Crippen molar-refractivity contribution in [3.05, 3.63) is 65.7 Å². The van der Waals surface area contributed by atoms with Gasteiger partial charge in [-0.15, -0.1) is 0 Å². The topological polar surface area (TPSA) is 38.0 Å². The van der Waals surface area contributed by atoms with E-state index < -0.39 is 0 Å². The predicted octanol–water partition coefficient (Wildman–Crippen LogP) is 2.16. The van der Waals surface area contributed by atoms with E-state index in [9.17, 15) is 0 Å². The third-order valence-electron chi connectivity index (χ3n) is 4.95. The van der Waals surface area contributed by atoms with Crippen LogP contribution >= 0.6 is 11.3 Å². The van der Waals surface area contributed by atoms with Gasteiger partial charge in [-0.25, -0.2) is 0 Å². The summed E-state index contributed by atoms with van der Waals surface area (Å²) in [6.07, 6.45) is 0. The molecule has 0 radical (unpaired) electrons. The summed E-state index contributed by atoms with van der Waals surface area (Å²) < 4.78 is 7.38. The number of aromatic nitrogens is 2. The van der Waals surface area contributed by atoms with Gasteiger partial charge >= 0.3 is 0 Å². The highest BCUT2D eigenvalue weighted by Crippen LogP contribution is 2.34. The molecule has 28 heavy (non-hydrogen) atoms. The number of nitrogens with zero attached hydrogens (tertiary/aromatic N) is 2. The first-order valence-electron chi connectivity index (χ1n) is 8.85. The van der Waals surface area contributed by atoms with Gasteiger partial charge in [0.2, 0.25) is 0 Å². The molecule has 4 aromatic rings. The molecular weight excluding hydrogens is 390 g/mol. The molecule has 1 aromatic heterocycles. The van der Waals surface area contributed by atoms with Gasteiger partial charge in [-0.1, -0.05) is 41.1 Å². The average molecular weight is 412 g/mol. The van der Waals surface area contributed by atoms with Gasteiger partial charge in [-0.2, -0.15) is 0 Å². The van der Waals surface area contributed by atoms with Crippen LogP contribution in [0.4, 0.5) is 10.8 Å². The molecule has 144 valence electrons. The number of ether oxygens (including phenoxy) is 1. The number of methoxy groups -OCH3 is 1. The Bertz CT molecular complexity index is 1130. The van der Waals surface area contributed by atoms with Gasteiger partial charge in [0.15, 0.2) is 7.05 Å². The van der Waals surface area contributed by atoms with Crippen LogP contribution in [0.15, 0.2) is 54.6 Å². The fourth-order valence-corrected chi connectivity index (χ4v) is 4.35. The minimum Gasteiger partial charge on any atom is -1.00 e. The molecule has 1 N–H and O–H groups in total. The highest BCUT2D eigenvalue weighted by atomic mass is 35.5. The van der Waals surface area contributed by atoms with Gasteiger partial charge in [-0.3, -0.25) is 0 Å². The van der Waals surface area contributed by atoms with Crippen molar-refractivity contribution in [1.82, 2.24) is 5.10 Å². The van der Waals surface area contributed by atoms with Crippen molar-refractivity contribution in [1.29, 1.82) is 0 Å². The van der Waals surface area contributed by atoms with Gasteiger partial charge in [0.05, 0.1) is 12.7 Å². The van der Waals surface area contributed by atoms with Crippen molar-refractivity contribution >= 4 is 32.9 Å². The van der Waals surface area contributed by atoms with E-state index in [1.54, 1.807) is 18.4 Å². The number of nitrogens with one attached hydrogen (secondary N) is 1. The van der Waals surface area contributed by atoms with Crippen molar-refractivity contribution < 1.29 is 21.8 Å². The van der Waals surface area contributed by atoms with Crippen molar-refractivity contribution in [2.75, 3.05) is 12.4 Å². The summed E-state index contributed by atoms with van der Waals surface area (Å²) in [6.45, 7) is 4.22. The fraction of sp³-hybridized carbons (Fsp3) is 0.182. The minimum absolute atomic E-state index is 0. The second kappa shape index (κ2) is 8.17. The molecule has 0 saturated heterocycles. The molecule has 0 aliphatic carbocycles. The first-order chi connectivity index (χ1) is 13.1. The lowest BCUT2D eigenvalue weighted by atomic mass is 10.0. The van der Waals surface area contributed by atoms with Crippen LogP contribution in [0.1, 0.15) is 11.1 Å². The van der Waals surface area contributed by atoms with Crippen LogP contribution in [0.2, 0.25) is 0 Å². The van der Waals surface area contributed by atoms with Gasteiger partial charge in [-0.05, 0) is 59.9 Å². The first kappa shape index (κ1) is 20.1. The second-order valence-corrected chi connectivity index (χ2v) is 7.53. The van der Waals surface area contributed by atoms with Gasteiger partial charge in [0.1, 0.15) is 5.75 Å². The molecule has 0 atom stereocenters. The molecule has 3 aromatic carbocycles. The number of fused-ring (bicyclic) bond motifs is 1. The fourth-order valence-electron chi connectivity index (χ4n) is 3.34. The lowest BCUT2D eigenvalue weighted by molar-refractivity contribution is -0.714. The van der Waals surface area contributed by atoms with E-state index in [2.05, 4.69) is 67.7 Å². The highest BCUT2D eigenvalue weighted by molar-refractivity contribution is 7.18. The number of hydrogen-bond acceptors (Lipinski definition) is 4. The van der Waals surface area contributed by atoms with Gasteiger partial charge in [0.25, 0.3) is 10.1 Å². The Morgan fingerprint density at radius 2 is 1.71 bits per heavy atom. The Labute approximate surface area is 175 Å². The molecule has 4 rings (SSSR count). The zero-order valence-corrected chi connectivity index (χ0v) is 17.9. The summed E-state index contributed by atoms with van der Waals surface area (Å²) in [5.41, 5.74) is 4.62. The van der Waals surface area contributed by atoms with Crippen LogP contribution in [-0.4, -0.2) is 12.2 Å². The van der Waals surface area contributed by atoms with Crippen LogP contribution in [0, 0.1) is 13.8 Å². The molecule has 0 amide bonds. The molecule has 4 nitrogen and oxygen atoms in total. The first-order valence-corrected chi connectivity index (χ1v) is 9.66. The van der Waals surface area contributed by atoms with Crippen LogP contribution in [-0.2, 0) is 7.05 Å². The summed E-state index contributed by atoms with van der Waals surface area (Å²) >= 11 is 1.65. The lowest BCUT2D eigenvalue weighted by Crippen LogP contribution is -3.00. The lowest BCUT2D eigenvalue weighted by Gasteiger charge is -2.09. The zero-order chi connectivity index (χ0) is 19.0. The van der Waals surface area contributed by atoms with Crippen molar-refractivity contribution in [3.8, 4) is 16.3 Å². The zero-order valence-electron chi connectivity index (χ0n) is 16.3. The van der Waals surface area contributed by atoms with Crippen molar-refractivity contribution in [2.24, 2.45) is 7.05 Å². The van der Waals surface area contributed by atoms with Crippen molar-refractivity contribution in [3.63, 3.8) is 0 Å². The van der Waals surface area contributed by atoms with Crippen molar-refractivity contribution in [2.45, 2.75) is 13.8 Å². The third-order valence-corrected chi connectivity index (χ3v) is 6.00. The molecule has 0 saturated carbocycles. The molecular formula is C22H22ClN3OS. The maximum Gasteiger partial charge on any atom is 0.298 e. The largest absolute Gasteiger partial charge is 1.00 e. The maximum atomic E-state index is 5.44. The number of hydrogen-bond donors (Lipinski definition) is 1. The van der Waals surface area contributed by atoms with Crippen LogP contribution in [0.5, 0.6) is 5.75 Å². The van der Waals surface area contributed by atoms with E-state index in [-0.39, 0.29) is 12.4 Å². The quantitative estimate of drug-likeness (QED) is 0.523. The summed E-state index contributed by atoms with van der Waals surface area (Å²) in [4.78, 5) is 0. The monoisotopic (exact) mass is 411 g/mol. The van der Waals surface area contributed by atoms with Crippen LogP contribution in [0.25, 0.3) is 21.3 Å². The molecule has 0 spiro atoms. The van der Waals surface area contributed by atoms with E-state index in [1.807, 2.05) is 17.8 Å². The Hall–Kier alpha value is -2.63. The number of anilines is 2. The summed E-state index contributed by atoms with van der Waals surface area (Å²) in [5.74, 6) is 0.914. The normalized spacial score (nSPS) is 10.6. The third kappa shape index (κ3) is 3.55. The van der Waals surface area contributed by atoms with E-state index in [1.165, 1.54) is 21.9 Å². The van der Waals surface area contributed by atoms with Gasteiger partial charge in [0, 0.05) is 16.2 Å². The molecule has 6 heteroatoms. The van der Waals surface area contributed by atoms with E-state index in [4.69, 9.17) is 9.84 Å². The molecule has 0 fully saturated rings. The molecule has 0 bridgehead atoms. The average Bonchev–Trinajstić information content (AvgIpc) is 3.04. The Morgan fingerprint density at radius 3 is 2.50 bits per heavy atom. The number of benzene rings is 3. The predicted molar refractivity (Wildman–Crippen MR) is 112 cm³/mol. The van der Waals surface area contributed by atoms with E-state index >= 15 is 0 Å². The van der Waals surface area contributed by atoms with E-state index in [0.717, 1.165) is 27.1 Å². The molecule has 1 heterocycles. The number of halogens is 1. The minimum atomic E-state index is 0. The highest BCUT2D eigenvalue weighted by Gasteiger charge is 2.22. The Morgan fingerprint density at radius 1 is 0.964 bits per heavy atom. The molecule has 0 aliphatic rings. The smallest absolute Gasteiger partial charge is 0.298 e. The summed E-state index contributed by atoms with van der Waals surface area (Å²) in [7, 11) is 3.69. The van der Waals surface area contributed by atoms with Gasteiger partial charge < -0.3 is 22.5 Å². The van der Waals surface area contributed by atoms with Crippen LogP contribution in [0.3, 0.4) is 0 Å². The molecule has 0 unspecified atom stereocenters. The van der Waals surface area contributed by atoms with Crippen LogP contribution < -0.4 is 27.1 Å². The summed E-state index contributed by atoms with van der Waals surface area (Å²) in [5, 5.41) is 12.6. The Kier molecular flexibility index (Phi) is 5.87. The number of rotatable bonds is 4. The maximum absolute atomic E-state index is 5.44.